The number of rotatable bonds is 9. The van der Waals surface area contributed by atoms with E-state index in [1.54, 1.807) is 19.2 Å². The zero-order valence-electron chi connectivity index (χ0n) is 14.3. The van der Waals surface area contributed by atoms with Crippen LogP contribution in [0.4, 0.5) is 0 Å². The largest absolute Gasteiger partial charge is 0.497 e. The first-order valence-corrected chi connectivity index (χ1v) is 8.47. The van der Waals surface area contributed by atoms with Crippen LogP contribution in [-0.4, -0.2) is 32.3 Å². The number of amides is 1. The van der Waals surface area contributed by atoms with Gasteiger partial charge in [0.2, 0.25) is 0 Å². The molecule has 0 saturated carbocycles. The number of ether oxygens (including phenoxy) is 3. The highest BCUT2D eigenvalue weighted by Crippen LogP contribution is 2.24. The Bertz CT molecular complexity index is 675. The van der Waals surface area contributed by atoms with Crippen molar-refractivity contribution < 1.29 is 19.0 Å². The minimum absolute atomic E-state index is 0.194. The summed E-state index contributed by atoms with van der Waals surface area (Å²) < 4.78 is 16.4. The molecule has 0 radical (unpaired) electrons. The summed E-state index contributed by atoms with van der Waals surface area (Å²) >= 11 is 6.06. The van der Waals surface area contributed by atoms with Crippen LogP contribution < -0.4 is 19.5 Å². The Kier molecular flexibility index (Phi) is 7.41. The van der Waals surface area contributed by atoms with Gasteiger partial charge in [-0.1, -0.05) is 30.7 Å². The Labute approximate surface area is 152 Å². The molecule has 5 nitrogen and oxygen atoms in total. The molecule has 0 saturated heterocycles. The Morgan fingerprint density at radius 1 is 1.12 bits per heavy atom. The highest BCUT2D eigenvalue weighted by atomic mass is 35.5. The van der Waals surface area contributed by atoms with E-state index in [2.05, 4.69) is 5.32 Å². The quantitative estimate of drug-likeness (QED) is 0.690. The van der Waals surface area contributed by atoms with Gasteiger partial charge in [-0.25, -0.2) is 0 Å². The molecule has 0 fully saturated rings. The maximum absolute atomic E-state index is 12.2. The summed E-state index contributed by atoms with van der Waals surface area (Å²) in [7, 11) is 1.61. The van der Waals surface area contributed by atoms with Crippen LogP contribution in [0, 0.1) is 0 Å². The van der Waals surface area contributed by atoms with E-state index in [9.17, 15) is 4.79 Å². The molecule has 2 aromatic rings. The van der Waals surface area contributed by atoms with E-state index in [4.69, 9.17) is 25.8 Å². The Morgan fingerprint density at radius 2 is 1.80 bits per heavy atom. The van der Waals surface area contributed by atoms with Crippen LogP contribution >= 0.6 is 11.6 Å². The molecule has 0 heterocycles. The van der Waals surface area contributed by atoms with Gasteiger partial charge in [-0.3, -0.25) is 4.79 Å². The first-order chi connectivity index (χ1) is 12.1. The van der Waals surface area contributed by atoms with Crippen LogP contribution in [0.15, 0.2) is 48.5 Å². The van der Waals surface area contributed by atoms with E-state index in [0.717, 1.165) is 11.5 Å². The van der Waals surface area contributed by atoms with Crippen LogP contribution in [0.1, 0.15) is 13.3 Å². The van der Waals surface area contributed by atoms with E-state index in [1.165, 1.54) is 0 Å². The smallest absolute Gasteiger partial charge is 0.261 e. The standard InChI is InChI=1S/C19H22ClNO4/c1-3-17(25-18-7-5-4-6-16(18)20)19(22)21-12-13-24-15-10-8-14(23-2)9-11-15/h4-11,17H,3,12-13H2,1-2H3,(H,21,22)/t17-/m0/s1. The number of para-hydroxylation sites is 1. The molecule has 0 aliphatic carbocycles. The van der Waals surface area contributed by atoms with Crippen molar-refractivity contribution in [2.24, 2.45) is 0 Å². The first kappa shape index (κ1) is 18.9. The molecular formula is C19H22ClNO4. The summed E-state index contributed by atoms with van der Waals surface area (Å²) in [5.74, 6) is 1.79. The molecule has 0 aromatic heterocycles. The van der Waals surface area contributed by atoms with Gasteiger partial charge in [0.15, 0.2) is 6.10 Å². The van der Waals surface area contributed by atoms with Gasteiger partial charge in [0.25, 0.3) is 5.91 Å². The molecule has 0 bridgehead atoms. The van der Waals surface area contributed by atoms with Gasteiger partial charge in [-0.15, -0.1) is 0 Å². The predicted molar refractivity (Wildman–Crippen MR) is 97.7 cm³/mol. The van der Waals surface area contributed by atoms with Crippen molar-refractivity contribution >= 4 is 17.5 Å². The zero-order chi connectivity index (χ0) is 18.1. The number of halogens is 1. The second-order valence-corrected chi connectivity index (χ2v) is 5.67. The summed E-state index contributed by atoms with van der Waals surface area (Å²) in [6, 6.07) is 14.4. The minimum Gasteiger partial charge on any atom is -0.497 e. The van der Waals surface area contributed by atoms with Crippen LogP contribution in [-0.2, 0) is 4.79 Å². The molecule has 25 heavy (non-hydrogen) atoms. The summed E-state index contributed by atoms with van der Waals surface area (Å²) in [6.07, 6.45) is -0.0583. The van der Waals surface area contributed by atoms with Crippen molar-refractivity contribution in [1.29, 1.82) is 0 Å². The number of hydrogen-bond donors (Lipinski definition) is 1. The van der Waals surface area contributed by atoms with Gasteiger partial charge in [0.1, 0.15) is 23.9 Å². The van der Waals surface area contributed by atoms with Gasteiger partial charge in [-0.2, -0.15) is 0 Å². The topological polar surface area (TPSA) is 56.8 Å². The third-order valence-corrected chi connectivity index (χ3v) is 3.81. The van der Waals surface area contributed by atoms with E-state index >= 15 is 0 Å². The molecule has 0 aliphatic rings. The molecule has 0 spiro atoms. The number of carbonyl (C=O) groups excluding carboxylic acids is 1. The number of methoxy groups -OCH3 is 1. The average molecular weight is 364 g/mol. The van der Waals surface area contributed by atoms with Crippen LogP contribution in [0.5, 0.6) is 17.2 Å². The third kappa shape index (κ3) is 5.87. The molecular weight excluding hydrogens is 342 g/mol. The van der Waals surface area contributed by atoms with E-state index < -0.39 is 6.10 Å². The number of carbonyl (C=O) groups is 1. The molecule has 1 N–H and O–H groups in total. The van der Waals surface area contributed by atoms with Gasteiger partial charge in [-0.05, 0) is 42.8 Å². The van der Waals surface area contributed by atoms with Crippen molar-refractivity contribution in [1.82, 2.24) is 5.32 Å². The minimum atomic E-state index is -0.596. The van der Waals surface area contributed by atoms with E-state index in [0.29, 0.717) is 30.3 Å². The van der Waals surface area contributed by atoms with Crippen molar-refractivity contribution in [3.05, 3.63) is 53.6 Å². The normalized spacial score (nSPS) is 11.5. The molecule has 2 rings (SSSR count). The summed E-state index contributed by atoms with van der Waals surface area (Å²) in [6.45, 7) is 2.63. The van der Waals surface area contributed by atoms with Gasteiger partial charge in [0, 0.05) is 0 Å². The lowest BCUT2D eigenvalue weighted by molar-refractivity contribution is -0.128. The predicted octanol–water partition coefficient (Wildman–Crippen LogP) is 3.70. The Balaban J connectivity index is 1.76. The second-order valence-electron chi connectivity index (χ2n) is 5.26. The maximum atomic E-state index is 12.2. The highest BCUT2D eigenvalue weighted by Gasteiger charge is 2.18. The molecule has 1 amide bonds. The fourth-order valence-corrected chi connectivity index (χ4v) is 2.32. The van der Waals surface area contributed by atoms with Gasteiger partial charge >= 0.3 is 0 Å². The summed E-state index contributed by atoms with van der Waals surface area (Å²) in [5, 5.41) is 3.29. The lowest BCUT2D eigenvalue weighted by atomic mass is 10.2. The fraction of sp³-hybridized carbons (Fsp3) is 0.316. The second kappa shape index (κ2) is 9.79. The van der Waals surface area contributed by atoms with E-state index in [1.807, 2.05) is 43.3 Å². The number of hydrogen-bond acceptors (Lipinski definition) is 4. The number of nitrogens with one attached hydrogen (secondary N) is 1. The van der Waals surface area contributed by atoms with Crippen molar-refractivity contribution in [3.8, 4) is 17.2 Å². The molecule has 0 unspecified atom stereocenters. The Hall–Kier alpha value is -2.40. The lowest BCUT2D eigenvalue weighted by Gasteiger charge is -2.18. The van der Waals surface area contributed by atoms with Crippen molar-refractivity contribution in [2.45, 2.75) is 19.4 Å². The Morgan fingerprint density at radius 3 is 2.44 bits per heavy atom. The summed E-state index contributed by atoms with van der Waals surface area (Å²) in [4.78, 5) is 12.2. The van der Waals surface area contributed by atoms with Crippen molar-refractivity contribution in [3.63, 3.8) is 0 Å². The average Bonchev–Trinajstić information content (AvgIpc) is 2.65. The SMILES string of the molecule is CC[C@H](Oc1ccccc1Cl)C(=O)NCCOc1ccc(OC)cc1. The van der Waals surface area contributed by atoms with E-state index in [-0.39, 0.29) is 5.91 Å². The molecule has 2 aromatic carbocycles. The summed E-state index contributed by atoms with van der Waals surface area (Å²) in [5.41, 5.74) is 0. The number of benzene rings is 2. The van der Waals surface area contributed by atoms with Crippen LogP contribution in [0.2, 0.25) is 5.02 Å². The van der Waals surface area contributed by atoms with Crippen LogP contribution in [0.25, 0.3) is 0 Å². The monoisotopic (exact) mass is 363 g/mol. The third-order valence-electron chi connectivity index (χ3n) is 3.50. The highest BCUT2D eigenvalue weighted by molar-refractivity contribution is 6.32. The molecule has 1 atom stereocenters. The zero-order valence-corrected chi connectivity index (χ0v) is 15.1. The molecule has 0 aliphatic heterocycles. The molecule has 6 heteroatoms. The maximum Gasteiger partial charge on any atom is 0.261 e. The van der Waals surface area contributed by atoms with Crippen molar-refractivity contribution in [2.75, 3.05) is 20.3 Å². The lowest BCUT2D eigenvalue weighted by Crippen LogP contribution is -2.39. The van der Waals surface area contributed by atoms with Gasteiger partial charge in [0.05, 0.1) is 18.7 Å². The fourth-order valence-electron chi connectivity index (χ4n) is 2.14. The first-order valence-electron chi connectivity index (χ1n) is 8.09. The van der Waals surface area contributed by atoms with Gasteiger partial charge < -0.3 is 19.5 Å². The molecule has 134 valence electrons. The van der Waals surface area contributed by atoms with Crippen LogP contribution in [0.3, 0.4) is 0 Å².